The van der Waals surface area contributed by atoms with Gasteiger partial charge in [0.15, 0.2) is 6.10 Å². The van der Waals surface area contributed by atoms with E-state index in [1.165, 1.54) is 6.33 Å². The number of benzene rings is 2. The van der Waals surface area contributed by atoms with Crippen LogP contribution in [0.5, 0.6) is 5.75 Å². The number of rotatable bonds is 11. The first-order valence-corrected chi connectivity index (χ1v) is 19.9. The van der Waals surface area contributed by atoms with Gasteiger partial charge < -0.3 is 24.4 Å². The average Bonchev–Trinajstić information content (AvgIpc) is 3.60. The van der Waals surface area contributed by atoms with Crippen molar-refractivity contribution < 1.29 is 33.2 Å². The minimum absolute atomic E-state index is 0.00329. The van der Waals surface area contributed by atoms with Crippen LogP contribution in [0.15, 0.2) is 65.6 Å². The van der Waals surface area contributed by atoms with E-state index in [1.54, 1.807) is 28.8 Å². The maximum atomic E-state index is 13.9. The summed E-state index contributed by atoms with van der Waals surface area (Å²) in [6, 6.07) is 14.3. The van der Waals surface area contributed by atoms with E-state index in [1.807, 2.05) is 57.0 Å². The molecule has 3 aliphatic rings. The highest BCUT2D eigenvalue weighted by molar-refractivity contribution is 6.00. The van der Waals surface area contributed by atoms with E-state index in [4.69, 9.17) is 15.1 Å². The lowest BCUT2D eigenvalue weighted by atomic mass is 9.97. The van der Waals surface area contributed by atoms with Gasteiger partial charge in [0.1, 0.15) is 12.1 Å². The molecule has 2 saturated heterocycles. The zero-order valence-electron chi connectivity index (χ0n) is 33.9. The number of anilines is 1. The Morgan fingerprint density at radius 3 is 2.47 bits per heavy atom. The topological polar surface area (TPSA) is 223 Å². The van der Waals surface area contributed by atoms with Crippen molar-refractivity contribution >= 4 is 40.7 Å². The molecule has 1 atom stereocenters. The molecule has 2 aromatic carbocycles. The smallest absolute Gasteiger partial charge is 0.292 e. The van der Waals surface area contributed by atoms with E-state index in [-0.39, 0.29) is 42.4 Å². The largest absolute Gasteiger partial charge is 0.481 e. The van der Waals surface area contributed by atoms with Gasteiger partial charge in [-0.05, 0) is 67.3 Å². The Bertz CT molecular complexity index is 2480. The van der Waals surface area contributed by atoms with Crippen LogP contribution in [0.1, 0.15) is 84.4 Å². The van der Waals surface area contributed by atoms with Crippen LogP contribution in [0.4, 0.5) is 5.69 Å². The number of aromatic nitrogens is 5. The number of fused-ring (bicyclic) bond motifs is 1. The Kier molecular flexibility index (Phi) is 10.6. The number of hydrogen-bond acceptors (Lipinski definition) is 13. The molecule has 18 nitrogen and oxygen atoms in total. The molecule has 8 rings (SSSR count). The third-order valence-corrected chi connectivity index (χ3v) is 11.3. The number of amides is 5. The van der Waals surface area contributed by atoms with Gasteiger partial charge in [0, 0.05) is 62.1 Å². The number of piperidine rings is 1. The Morgan fingerprint density at radius 1 is 1.05 bits per heavy atom. The van der Waals surface area contributed by atoms with Gasteiger partial charge >= 0.3 is 0 Å². The molecule has 60 heavy (non-hydrogen) atoms. The Labute approximate surface area is 345 Å². The zero-order valence-corrected chi connectivity index (χ0v) is 33.9. The van der Waals surface area contributed by atoms with Gasteiger partial charge in [0.05, 0.1) is 35.1 Å². The Hall–Kier alpha value is -6.69. The van der Waals surface area contributed by atoms with Crippen LogP contribution in [-0.2, 0) is 26.3 Å². The number of carbonyl (C=O) groups excluding carboxylic acids is 5. The minimum atomic E-state index is -0.786. The minimum Gasteiger partial charge on any atom is -0.481 e. The summed E-state index contributed by atoms with van der Waals surface area (Å²) in [5.74, 6) is 5.39. The predicted molar refractivity (Wildman–Crippen MR) is 216 cm³/mol. The number of imide groups is 1. The molecular formula is C42H47N11O7. The van der Waals surface area contributed by atoms with E-state index >= 15 is 0 Å². The van der Waals surface area contributed by atoms with Crippen molar-refractivity contribution in [3.63, 3.8) is 0 Å². The zero-order chi connectivity index (χ0) is 42.3. The second-order valence-corrected chi connectivity index (χ2v) is 16.7. The van der Waals surface area contributed by atoms with Gasteiger partial charge in [0.25, 0.3) is 23.5 Å². The highest BCUT2D eigenvalue weighted by Crippen LogP contribution is 2.48. The first kappa shape index (κ1) is 40.1. The molecule has 5 aromatic rings. The number of nitrogens with two attached hydrogens (primary N) is 1. The third kappa shape index (κ3) is 8.27. The summed E-state index contributed by atoms with van der Waals surface area (Å²) in [4.78, 5) is 76.3. The fourth-order valence-corrected chi connectivity index (χ4v) is 7.51. The normalized spacial score (nSPS) is 17.6. The van der Waals surface area contributed by atoms with Crippen LogP contribution < -0.4 is 26.1 Å². The number of carbonyl (C=O) groups is 5. The SMILES string of the molecule is Cc1cc(-c2ncnn3cc(N4CCN(C(=O)C5(CN(N)C(=O)c6ccc(OC7CCC(=O)NC7=O)cc6)CC5)CC4)cc23)ccc1CNC(=O)c1noc(C(C)(C)C)n1. The number of hydrazine groups is 1. The molecule has 5 amide bonds. The predicted octanol–water partition coefficient (Wildman–Crippen LogP) is 2.94. The fourth-order valence-electron chi connectivity index (χ4n) is 7.51. The lowest BCUT2D eigenvalue weighted by Gasteiger charge is -2.37. The summed E-state index contributed by atoms with van der Waals surface area (Å²) in [6.45, 7) is 10.4. The molecule has 0 spiro atoms. The maximum absolute atomic E-state index is 13.9. The quantitative estimate of drug-likeness (QED) is 0.0756. The summed E-state index contributed by atoms with van der Waals surface area (Å²) in [5, 5.41) is 14.5. The molecular weight excluding hydrogens is 771 g/mol. The lowest BCUT2D eigenvalue weighted by molar-refractivity contribution is -0.139. The Morgan fingerprint density at radius 2 is 1.80 bits per heavy atom. The van der Waals surface area contributed by atoms with Crippen molar-refractivity contribution in [2.75, 3.05) is 37.6 Å². The molecule has 4 N–H and O–H groups in total. The second kappa shape index (κ2) is 15.8. The average molecular weight is 818 g/mol. The molecule has 0 radical (unpaired) electrons. The summed E-state index contributed by atoms with van der Waals surface area (Å²) in [5.41, 5.74) is 4.61. The number of nitrogens with zero attached hydrogens (tertiary/aromatic N) is 8. The van der Waals surface area contributed by atoms with E-state index < -0.39 is 29.2 Å². The molecule has 3 aromatic heterocycles. The van der Waals surface area contributed by atoms with Crippen LogP contribution in [0.3, 0.4) is 0 Å². The van der Waals surface area contributed by atoms with Gasteiger partial charge in [-0.2, -0.15) is 10.1 Å². The van der Waals surface area contributed by atoms with Gasteiger partial charge in [-0.3, -0.25) is 34.3 Å². The van der Waals surface area contributed by atoms with Crippen molar-refractivity contribution in [2.24, 2.45) is 11.3 Å². The molecule has 1 aliphatic carbocycles. The highest BCUT2D eigenvalue weighted by atomic mass is 16.5. The third-order valence-electron chi connectivity index (χ3n) is 11.3. The van der Waals surface area contributed by atoms with Crippen molar-refractivity contribution in [3.05, 3.63) is 89.5 Å². The van der Waals surface area contributed by atoms with Crippen molar-refractivity contribution in [1.29, 1.82) is 0 Å². The number of piperazine rings is 1. The van der Waals surface area contributed by atoms with Gasteiger partial charge in [0.2, 0.25) is 17.7 Å². The molecule has 0 bridgehead atoms. The molecule has 18 heteroatoms. The molecule has 1 saturated carbocycles. The number of ether oxygens (including phenoxy) is 1. The van der Waals surface area contributed by atoms with E-state index in [2.05, 4.69) is 41.8 Å². The van der Waals surface area contributed by atoms with Crippen molar-refractivity contribution in [3.8, 4) is 17.0 Å². The number of aryl methyl sites for hydroxylation is 1. The molecule has 1 unspecified atom stereocenters. The van der Waals surface area contributed by atoms with E-state index in [9.17, 15) is 24.0 Å². The molecule has 2 aliphatic heterocycles. The van der Waals surface area contributed by atoms with Crippen LogP contribution >= 0.6 is 0 Å². The molecule has 5 heterocycles. The highest BCUT2D eigenvalue weighted by Gasteiger charge is 2.53. The van der Waals surface area contributed by atoms with Crippen LogP contribution in [0, 0.1) is 12.3 Å². The van der Waals surface area contributed by atoms with E-state index in [0.717, 1.165) is 38.6 Å². The van der Waals surface area contributed by atoms with Crippen molar-refractivity contribution in [2.45, 2.75) is 71.4 Å². The van der Waals surface area contributed by atoms with Crippen LogP contribution in [0.2, 0.25) is 0 Å². The lowest BCUT2D eigenvalue weighted by Crippen LogP contribution is -2.53. The molecule has 3 fully saturated rings. The van der Waals surface area contributed by atoms with Gasteiger partial charge in [-0.15, -0.1) is 0 Å². The van der Waals surface area contributed by atoms with Gasteiger partial charge in [-0.25, -0.2) is 15.3 Å². The standard InChI is InChI=1S/C42H47N11O7/c1-25-19-27(5-6-28(25)21-44-37(56)35-48-39(60-49-35)41(2,3)4)34-31-20-29(22-53(31)46-24-45-34)50-15-17-51(18-16-50)40(58)42(13-14-42)23-52(43)38(57)26-7-9-30(10-8-26)59-32-11-12-33(54)47-36(32)55/h5-10,19-20,22,24,32H,11-18,21,23,43H2,1-4H3,(H,44,56)(H,47,54,55). The van der Waals surface area contributed by atoms with E-state index in [0.29, 0.717) is 62.8 Å². The maximum Gasteiger partial charge on any atom is 0.292 e. The summed E-state index contributed by atoms with van der Waals surface area (Å²) < 4.78 is 12.8. The summed E-state index contributed by atoms with van der Waals surface area (Å²) in [6.07, 6.45) is 4.46. The first-order chi connectivity index (χ1) is 28.7. The van der Waals surface area contributed by atoms with Gasteiger partial charge in [-0.1, -0.05) is 38.1 Å². The number of nitrogens with one attached hydrogen (secondary N) is 2. The second-order valence-electron chi connectivity index (χ2n) is 16.7. The van der Waals surface area contributed by atoms with Crippen molar-refractivity contribution in [1.82, 2.24) is 45.3 Å². The molecule has 312 valence electrons. The monoisotopic (exact) mass is 817 g/mol. The number of hydrogen-bond donors (Lipinski definition) is 3. The summed E-state index contributed by atoms with van der Waals surface area (Å²) >= 11 is 0. The Balaban J connectivity index is 0.853. The first-order valence-electron chi connectivity index (χ1n) is 19.9. The summed E-state index contributed by atoms with van der Waals surface area (Å²) in [7, 11) is 0. The fraction of sp³-hybridized carbons (Fsp3) is 0.405. The van der Waals surface area contributed by atoms with Crippen LogP contribution in [-0.4, -0.2) is 103 Å². The van der Waals surface area contributed by atoms with Crippen LogP contribution in [0.25, 0.3) is 16.8 Å².